The van der Waals surface area contributed by atoms with Crippen LogP contribution < -0.4 is 5.32 Å². The number of nitriles is 1. The number of alkyl carbamates (subject to hydrolysis) is 1. The molecule has 0 spiro atoms. The van der Waals surface area contributed by atoms with Gasteiger partial charge in [0.25, 0.3) is 0 Å². The fourth-order valence-corrected chi connectivity index (χ4v) is 2.60. The molecule has 1 fully saturated rings. The molecule has 2 amide bonds. The molecule has 23 heavy (non-hydrogen) atoms. The van der Waals surface area contributed by atoms with Crippen LogP contribution in [0.4, 0.5) is 4.79 Å². The van der Waals surface area contributed by atoms with Gasteiger partial charge in [-0.25, -0.2) is 4.79 Å². The quantitative estimate of drug-likeness (QED) is 0.814. The molecule has 6 nitrogen and oxygen atoms in total. The van der Waals surface area contributed by atoms with Crippen LogP contribution in [0.1, 0.15) is 53.4 Å². The van der Waals surface area contributed by atoms with E-state index in [1.54, 1.807) is 4.90 Å². The highest BCUT2D eigenvalue weighted by atomic mass is 16.5. The number of likely N-dealkylation sites (tertiary alicyclic amines) is 1. The second-order valence-electron chi connectivity index (χ2n) is 6.67. The normalized spacial score (nSPS) is 20.5. The van der Waals surface area contributed by atoms with Gasteiger partial charge in [0, 0.05) is 6.54 Å². The smallest absolute Gasteiger partial charge is 0.407 e. The van der Waals surface area contributed by atoms with Gasteiger partial charge in [0.15, 0.2) is 0 Å². The Morgan fingerprint density at radius 2 is 2.04 bits per heavy atom. The Morgan fingerprint density at radius 3 is 2.61 bits per heavy atom. The SMILES string of the molecule is CCC(C)[C@H](NC(=O)OCC(C)C)C(=O)N1CCCC[C@H]1C#N. The number of rotatable bonds is 6. The van der Waals surface area contributed by atoms with E-state index in [-0.39, 0.29) is 17.7 Å². The van der Waals surface area contributed by atoms with Crippen LogP contribution in [-0.4, -0.2) is 42.1 Å². The Morgan fingerprint density at radius 1 is 1.35 bits per heavy atom. The molecule has 0 aliphatic carbocycles. The number of carbonyl (C=O) groups is 2. The van der Waals surface area contributed by atoms with Crippen molar-refractivity contribution in [3.05, 3.63) is 0 Å². The highest BCUT2D eigenvalue weighted by molar-refractivity contribution is 5.86. The average molecular weight is 323 g/mol. The van der Waals surface area contributed by atoms with E-state index in [2.05, 4.69) is 11.4 Å². The lowest BCUT2D eigenvalue weighted by Gasteiger charge is -2.35. The molecular formula is C17H29N3O3. The van der Waals surface area contributed by atoms with E-state index in [9.17, 15) is 14.9 Å². The second kappa shape index (κ2) is 9.39. The minimum Gasteiger partial charge on any atom is -0.449 e. The zero-order chi connectivity index (χ0) is 17.4. The van der Waals surface area contributed by atoms with Crippen molar-refractivity contribution in [1.82, 2.24) is 10.2 Å². The van der Waals surface area contributed by atoms with Crippen LogP contribution in [-0.2, 0) is 9.53 Å². The minimum absolute atomic E-state index is 0.0182. The van der Waals surface area contributed by atoms with Crippen molar-refractivity contribution < 1.29 is 14.3 Å². The first kappa shape index (κ1) is 19.3. The van der Waals surface area contributed by atoms with Gasteiger partial charge in [0.1, 0.15) is 12.1 Å². The van der Waals surface area contributed by atoms with Gasteiger partial charge in [-0.05, 0) is 31.1 Å². The summed E-state index contributed by atoms with van der Waals surface area (Å²) in [5.74, 6) is 0.0473. The molecule has 3 atom stereocenters. The number of nitrogens with one attached hydrogen (secondary N) is 1. The molecule has 0 aromatic rings. The van der Waals surface area contributed by atoms with Gasteiger partial charge in [-0.1, -0.05) is 34.1 Å². The van der Waals surface area contributed by atoms with Gasteiger partial charge >= 0.3 is 6.09 Å². The summed E-state index contributed by atoms with van der Waals surface area (Å²) in [4.78, 5) is 26.4. The number of hydrogen-bond acceptors (Lipinski definition) is 4. The summed E-state index contributed by atoms with van der Waals surface area (Å²) in [6, 6.07) is 1.16. The topological polar surface area (TPSA) is 82.4 Å². The molecule has 130 valence electrons. The van der Waals surface area contributed by atoms with Gasteiger partial charge in [-0.15, -0.1) is 0 Å². The van der Waals surface area contributed by atoms with Crippen molar-refractivity contribution in [2.45, 2.75) is 65.5 Å². The highest BCUT2D eigenvalue weighted by Gasteiger charge is 2.35. The number of hydrogen-bond donors (Lipinski definition) is 1. The second-order valence-corrected chi connectivity index (χ2v) is 6.67. The van der Waals surface area contributed by atoms with Crippen LogP contribution in [0, 0.1) is 23.2 Å². The zero-order valence-electron chi connectivity index (χ0n) is 14.7. The molecule has 0 aromatic heterocycles. The third-order valence-corrected chi connectivity index (χ3v) is 4.24. The third-order valence-electron chi connectivity index (χ3n) is 4.24. The van der Waals surface area contributed by atoms with E-state index in [4.69, 9.17) is 4.74 Å². The minimum atomic E-state index is -0.645. The first-order chi connectivity index (χ1) is 10.9. The summed E-state index contributed by atoms with van der Waals surface area (Å²) >= 11 is 0. The van der Waals surface area contributed by atoms with E-state index >= 15 is 0 Å². The lowest BCUT2D eigenvalue weighted by molar-refractivity contribution is -0.137. The number of piperidine rings is 1. The van der Waals surface area contributed by atoms with Crippen LogP contribution in [0.15, 0.2) is 0 Å². The molecular weight excluding hydrogens is 294 g/mol. The molecule has 0 bridgehead atoms. The average Bonchev–Trinajstić information content (AvgIpc) is 2.56. The maximum Gasteiger partial charge on any atom is 0.407 e. The largest absolute Gasteiger partial charge is 0.449 e. The molecule has 1 unspecified atom stereocenters. The Kier molecular flexibility index (Phi) is 7.87. The summed E-state index contributed by atoms with van der Waals surface area (Å²) in [5, 5.41) is 12.0. The number of ether oxygens (including phenoxy) is 1. The van der Waals surface area contributed by atoms with Crippen molar-refractivity contribution in [1.29, 1.82) is 5.26 Å². The molecule has 0 radical (unpaired) electrons. The third kappa shape index (κ3) is 5.74. The van der Waals surface area contributed by atoms with E-state index in [1.165, 1.54) is 0 Å². The first-order valence-corrected chi connectivity index (χ1v) is 8.54. The fraction of sp³-hybridized carbons (Fsp3) is 0.824. The Labute approximate surface area is 139 Å². The molecule has 1 aliphatic heterocycles. The molecule has 0 saturated carbocycles. The van der Waals surface area contributed by atoms with Gasteiger partial charge < -0.3 is 15.0 Å². The summed E-state index contributed by atoms with van der Waals surface area (Å²) < 4.78 is 5.13. The molecule has 0 aromatic carbocycles. The molecule has 1 saturated heterocycles. The zero-order valence-corrected chi connectivity index (χ0v) is 14.7. The van der Waals surface area contributed by atoms with Crippen LogP contribution >= 0.6 is 0 Å². The van der Waals surface area contributed by atoms with Crippen LogP contribution in [0.25, 0.3) is 0 Å². The summed E-state index contributed by atoms with van der Waals surface area (Å²) in [6.45, 7) is 8.71. The monoisotopic (exact) mass is 323 g/mol. The summed E-state index contributed by atoms with van der Waals surface area (Å²) in [6.07, 6.45) is 2.75. The van der Waals surface area contributed by atoms with Crippen molar-refractivity contribution in [2.24, 2.45) is 11.8 Å². The summed E-state index contributed by atoms with van der Waals surface area (Å²) in [7, 11) is 0. The number of carbonyl (C=O) groups excluding carboxylic acids is 2. The number of amides is 2. The predicted molar refractivity (Wildman–Crippen MR) is 87.5 cm³/mol. The van der Waals surface area contributed by atoms with Crippen molar-refractivity contribution in [3.8, 4) is 6.07 Å². The van der Waals surface area contributed by atoms with E-state index in [0.717, 1.165) is 19.3 Å². The van der Waals surface area contributed by atoms with E-state index in [0.29, 0.717) is 19.6 Å². The lowest BCUT2D eigenvalue weighted by atomic mass is 9.95. The lowest BCUT2D eigenvalue weighted by Crippen LogP contribution is -2.55. The molecule has 1 N–H and O–H groups in total. The Bertz CT molecular complexity index is 445. The summed E-state index contributed by atoms with van der Waals surface area (Å²) in [5.41, 5.74) is 0. The predicted octanol–water partition coefficient (Wildman–Crippen LogP) is 2.69. The van der Waals surface area contributed by atoms with Crippen molar-refractivity contribution >= 4 is 12.0 Å². The van der Waals surface area contributed by atoms with Crippen LogP contribution in [0.3, 0.4) is 0 Å². The first-order valence-electron chi connectivity index (χ1n) is 8.54. The van der Waals surface area contributed by atoms with E-state index in [1.807, 2.05) is 27.7 Å². The molecule has 1 aliphatic rings. The van der Waals surface area contributed by atoms with Crippen LogP contribution in [0.2, 0.25) is 0 Å². The Balaban J connectivity index is 2.78. The maximum absolute atomic E-state index is 12.8. The van der Waals surface area contributed by atoms with Gasteiger partial charge in [-0.2, -0.15) is 5.26 Å². The van der Waals surface area contributed by atoms with Gasteiger partial charge in [0.2, 0.25) is 5.91 Å². The van der Waals surface area contributed by atoms with Crippen molar-refractivity contribution in [3.63, 3.8) is 0 Å². The molecule has 1 rings (SSSR count). The van der Waals surface area contributed by atoms with Gasteiger partial charge in [0.05, 0.1) is 12.7 Å². The van der Waals surface area contributed by atoms with E-state index < -0.39 is 18.2 Å². The number of nitrogens with zero attached hydrogens (tertiary/aromatic N) is 2. The highest BCUT2D eigenvalue weighted by Crippen LogP contribution is 2.20. The standard InChI is InChI=1S/C17H29N3O3/c1-5-13(4)15(19-17(22)23-11-12(2)3)16(21)20-9-7-6-8-14(20)10-18/h12-15H,5-9,11H2,1-4H3,(H,19,22)/t13?,14-,15-/m0/s1. The van der Waals surface area contributed by atoms with Crippen molar-refractivity contribution in [2.75, 3.05) is 13.2 Å². The van der Waals surface area contributed by atoms with Gasteiger partial charge in [-0.3, -0.25) is 4.79 Å². The Hall–Kier alpha value is -1.77. The maximum atomic E-state index is 12.8. The van der Waals surface area contributed by atoms with Crippen LogP contribution in [0.5, 0.6) is 0 Å². The molecule has 1 heterocycles. The molecule has 6 heteroatoms. The fourth-order valence-electron chi connectivity index (χ4n) is 2.60.